The molecule has 0 fully saturated rings. The highest BCUT2D eigenvalue weighted by Crippen LogP contribution is 2.42. The van der Waals surface area contributed by atoms with Crippen molar-refractivity contribution in [1.29, 1.82) is 0 Å². The molecule has 2 atom stereocenters. The van der Waals surface area contributed by atoms with Crippen molar-refractivity contribution in [2.75, 3.05) is 0 Å². The molecule has 2 N–H and O–H groups in total. The Morgan fingerprint density at radius 3 is 2.75 bits per heavy atom. The van der Waals surface area contributed by atoms with E-state index in [9.17, 15) is 4.39 Å². The standard InChI is InChI=1S/C15H12Cl2FNO/c16-11-3-1-2-10(15(11)17)14-7-12(19)9-5-4-8(18)6-13(9)20-14/h1-6,12,14H,7,19H2/t12-,14?/m1/s1. The third-order valence-corrected chi connectivity index (χ3v) is 4.27. The SMILES string of the molecule is N[C@@H]1CC(c2cccc(Cl)c2Cl)Oc2cc(F)ccc21. The number of nitrogens with two attached hydrogens (primary N) is 1. The second-order valence-corrected chi connectivity index (χ2v) is 5.56. The summed E-state index contributed by atoms with van der Waals surface area (Å²) in [6.07, 6.45) is 0.240. The maximum Gasteiger partial charge on any atom is 0.127 e. The summed E-state index contributed by atoms with van der Waals surface area (Å²) in [4.78, 5) is 0. The number of fused-ring (bicyclic) bond motifs is 1. The molecule has 2 nitrogen and oxygen atoms in total. The largest absolute Gasteiger partial charge is 0.485 e. The smallest absolute Gasteiger partial charge is 0.127 e. The Balaban J connectivity index is 2.00. The van der Waals surface area contributed by atoms with E-state index in [-0.39, 0.29) is 18.0 Å². The topological polar surface area (TPSA) is 35.2 Å². The van der Waals surface area contributed by atoms with Crippen LogP contribution in [0.3, 0.4) is 0 Å². The number of rotatable bonds is 1. The van der Waals surface area contributed by atoms with Crippen LogP contribution in [-0.4, -0.2) is 0 Å². The van der Waals surface area contributed by atoms with E-state index in [1.807, 2.05) is 6.07 Å². The summed E-state index contributed by atoms with van der Waals surface area (Å²) in [5, 5.41) is 0.914. The van der Waals surface area contributed by atoms with Gasteiger partial charge in [-0.25, -0.2) is 4.39 Å². The van der Waals surface area contributed by atoms with E-state index in [0.29, 0.717) is 22.2 Å². The summed E-state index contributed by atoms with van der Waals surface area (Å²) in [7, 11) is 0. The molecule has 1 heterocycles. The van der Waals surface area contributed by atoms with Gasteiger partial charge in [-0.3, -0.25) is 0 Å². The predicted molar refractivity (Wildman–Crippen MR) is 77.8 cm³/mol. The molecule has 0 saturated carbocycles. The lowest BCUT2D eigenvalue weighted by molar-refractivity contribution is 0.161. The molecule has 2 aromatic rings. The van der Waals surface area contributed by atoms with Crippen molar-refractivity contribution in [3.63, 3.8) is 0 Å². The van der Waals surface area contributed by atoms with Crippen molar-refractivity contribution in [3.05, 3.63) is 63.4 Å². The zero-order chi connectivity index (χ0) is 14.3. The Morgan fingerprint density at radius 2 is 1.95 bits per heavy atom. The van der Waals surface area contributed by atoms with Gasteiger partial charge in [0.15, 0.2) is 0 Å². The lowest BCUT2D eigenvalue weighted by atomic mass is 9.93. The molecule has 1 aliphatic heterocycles. The summed E-state index contributed by atoms with van der Waals surface area (Å²) >= 11 is 12.2. The van der Waals surface area contributed by atoms with Gasteiger partial charge in [0.25, 0.3) is 0 Å². The predicted octanol–water partition coefficient (Wildman–Crippen LogP) is 4.66. The lowest BCUT2D eigenvalue weighted by Gasteiger charge is -2.31. The van der Waals surface area contributed by atoms with Gasteiger partial charge in [-0.1, -0.05) is 41.4 Å². The zero-order valence-corrected chi connectivity index (χ0v) is 12.0. The highest BCUT2D eigenvalue weighted by atomic mass is 35.5. The van der Waals surface area contributed by atoms with E-state index in [1.54, 1.807) is 18.2 Å². The van der Waals surface area contributed by atoms with Gasteiger partial charge in [-0.15, -0.1) is 0 Å². The first-order chi connectivity index (χ1) is 9.56. The Labute approximate surface area is 126 Å². The third kappa shape index (κ3) is 2.37. The monoisotopic (exact) mass is 311 g/mol. The molecule has 2 aromatic carbocycles. The molecule has 1 unspecified atom stereocenters. The molecular weight excluding hydrogens is 300 g/mol. The summed E-state index contributed by atoms with van der Waals surface area (Å²) in [6, 6.07) is 9.53. The normalized spacial score (nSPS) is 21.2. The number of benzene rings is 2. The van der Waals surface area contributed by atoms with E-state index in [4.69, 9.17) is 33.7 Å². The fourth-order valence-corrected chi connectivity index (χ4v) is 2.86. The van der Waals surface area contributed by atoms with Crippen LogP contribution >= 0.6 is 23.2 Å². The fraction of sp³-hybridized carbons (Fsp3) is 0.200. The highest BCUT2D eigenvalue weighted by molar-refractivity contribution is 6.42. The lowest BCUT2D eigenvalue weighted by Crippen LogP contribution is -2.24. The Bertz CT molecular complexity index is 662. The second kappa shape index (κ2) is 5.24. The van der Waals surface area contributed by atoms with E-state index in [2.05, 4.69) is 0 Å². The summed E-state index contributed by atoms with van der Waals surface area (Å²) in [5.74, 6) is 0.110. The maximum atomic E-state index is 13.3. The molecular formula is C15H12Cl2FNO. The first-order valence-electron chi connectivity index (χ1n) is 6.22. The van der Waals surface area contributed by atoms with Gasteiger partial charge in [0, 0.05) is 29.7 Å². The molecule has 3 rings (SSSR count). The van der Waals surface area contributed by atoms with Crippen LogP contribution in [0.2, 0.25) is 10.0 Å². The van der Waals surface area contributed by atoms with Crippen LogP contribution in [0.15, 0.2) is 36.4 Å². The molecule has 0 bridgehead atoms. The van der Waals surface area contributed by atoms with Crippen LogP contribution in [0.1, 0.15) is 29.7 Å². The van der Waals surface area contributed by atoms with Crippen molar-refractivity contribution in [1.82, 2.24) is 0 Å². The van der Waals surface area contributed by atoms with Crippen molar-refractivity contribution >= 4 is 23.2 Å². The Hall–Kier alpha value is -1.29. The van der Waals surface area contributed by atoms with Crippen LogP contribution in [-0.2, 0) is 0 Å². The van der Waals surface area contributed by atoms with Crippen molar-refractivity contribution in [2.45, 2.75) is 18.6 Å². The number of halogens is 3. The molecule has 0 spiro atoms. The average molecular weight is 312 g/mol. The van der Waals surface area contributed by atoms with Crippen LogP contribution in [0, 0.1) is 5.82 Å². The maximum absolute atomic E-state index is 13.3. The molecule has 0 saturated heterocycles. The second-order valence-electron chi connectivity index (χ2n) is 4.77. The van der Waals surface area contributed by atoms with E-state index < -0.39 is 0 Å². The average Bonchev–Trinajstić information content (AvgIpc) is 2.41. The first kappa shape index (κ1) is 13.7. The first-order valence-corrected chi connectivity index (χ1v) is 6.97. The highest BCUT2D eigenvalue weighted by Gasteiger charge is 2.29. The zero-order valence-electron chi connectivity index (χ0n) is 10.4. The van der Waals surface area contributed by atoms with Gasteiger partial charge in [-0.2, -0.15) is 0 Å². The molecule has 0 aromatic heterocycles. The minimum atomic E-state index is -0.353. The van der Waals surface area contributed by atoms with Gasteiger partial charge in [0.1, 0.15) is 17.7 Å². The molecule has 20 heavy (non-hydrogen) atoms. The Kier molecular flexibility index (Phi) is 3.59. The van der Waals surface area contributed by atoms with Crippen molar-refractivity contribution < 1.29 is 9.13 Å². The van der Waals surface area contributed by atoms with Crippen LogP contribution < -0.4 is 10.5 Å². The molecule has 0 aliphatic carbocycles. The third-order valence-electron chi connectivity index (χ3n) is 3.44. The number of hydrogen-bond acceptors (Lipinski definition) is 2. The van der Waals surface area contributed by atoms with Gasteiger partial charge in [0.2, 0.25) is 0 Å². The number of hydrogen-bond donors (Lipinski definition) is 1. The van der Waals surface area contributed by atoms with Crippen molar-refractivity contribution in [3.8, 4) is 5.75 Å². The molecule has 0 amide bonds. The molecule has 1 aliphatic rings. The van der Waals surface area contributed by atoms with E-state index in [1.165, 1.54) is 12.1 Å². The van der Waals surface area contributed by atoms with Gasteiger partial charge in [0.05, 0.1) is 10.0 Å². The van der Waals surface area contributed by atoms with Gasteiger partial charge >= 0.3 is 0 Å². The minimum Gasteiger partial charge on any atom is -0.485 e. The summed E-state index contributed by atoms with van der Waals surface area (Å²) in [6.45, 7) is 0. The molecule has 104 valence electrons. The molecule has 0 radical (unpaired) electrons. The quantitative estimate of drug-likeness (QED) is 0.831. The summed E-state index contributed by atoms with van der Waals surface area (Å²) < 4.78 is 19.2. The Morgan fingerprint density at radius 1 is 1.15 bits per heavy atom. The van der Waals surface area contributed by atoms with Crippen LogP contribution in [0.5, 0.6) is 5.75 Å². The van der Waals surface area contributed by atoms with Gasteiger partial charge < -0.3 is 10.5 Å². The van der Waals surface area contributed by atoms with Crippen LogP contribution in [0.25, 0.3) is 0 Å². The fourth-order valence-electron chi connectivity index (χ4n) is 2.44. The number of ether oxygens (including phenoxy) is 1. The van der Waals surface area contributed by atoms with E-state index >= 15 is 0 Å². The van der Waals surface area contributed by atoms with Crippen molar-refractivity contribution in [2.24, 2.45) is 5.73 Å². The summed E-state index contributed by atoms with van der Waals surface area (Å²) in [5.41, 5.74) is 7.71. The minimum absolute atomic E-state index is 0.223. The molecule has 5 heteroatoms. The van der Waals surface area contributed by atoms with E-state index in [0.717, 1.165) is 11.1 Å². The van der Waals surface area contributed by atoms with Crippen LogP contribution in [0.4, 0.5) is 4.39 Å². The van der Waals surface area contributed by atoms with Gasteiger partial charge in [-0.05, 0) is 12.1 Å².